The van der Waals surface area contributed by atoms with Crippen LogP contribution in [0.3, 0.4) is 0 Å². The number of rotatable bonds is 7. The number of aliphatic hydroxyl groups is 1. The standard InChI is InChI=1S/C14H18O4S2/c1-20(16,17)12-11-19-10-9-18-14-6-4-13(5-7-14)3-2-8-15/h4-7,15H,8-12H2,1H3. The van der Waals surface area contributed by atoms with Crippen molar-refractivity contribution in [1.29, 1.82) is 0 Å². The van der Waals surface area contributed by atoms with Crippen LogP contribution in [0, 0.1) is 11.8 Å². The van der Waals surface area contributed by atoms with Gasteiger partial charge in [0.05, 0.1) is 12.4 Å². The first-order chi connectivity index (χ1) is 9.51. The molecule has 0 atom stereocenters. The third-order valence-corrected chi connectivity index (χ3v) is 4.41. The minimum absolute atomic E-state index is 0.150. The van der Waals surface area contributed by atoms with Gasteiger partial charge < -0.3 is 9.84 Å². The van der Waals surface area contributed by atoms with Crippen LogP contribution in [-0.4, -0.2) is 50.3 Å². The van der Waals surface area contributed by atoms with Gasteiger partial charge in [0.25, 0.3) is 0 Å². The number of benzene rings is 1. The van der Waals surface area contributed by atoms with Gasteiger partial charge in [0, 0.05) is 23.3 Å². The molecular weight excluding hydrogens is 296 g/mol. The van der Waals surface area contributed by atoms with Crippen molar-refractivity contribution in [2.75, 3.05) is 36.7 Å². The average Bonchev–Trinajstić information content (AvgIpc) is 2.40. The van der Waals surface area contributed by atoms with Crippen molar-refractivity contribution in [2.45, 2.75) is 0 Å². The lowest BCUT2D eigenvalue weighted by Gasteiger charge is -2.05. The van der Waals surface area contributed by atoms with E-state index in [4.69, 9.17) is 9.84 Å². The van der Waals surface area contributed by atoms with Gasteiger partial charge in [0.15, 0.2) is 0 Å². The molecule has 0 fully saturated rings. The molecule has 0 unspecified atom stereocenters. The molecule has 0 aliphatic rings. The van der Waals surface area contributed by atoms with Crippen molar-refractivity contribution in [1.82, 2.24) is 0 Å². The molecule has 0 amide bonds. The van der Waals surface area contributed by atoms with E-state index in [-0.39, 0.29) is 12.4 Å². The Kier molecular flexibility index (Phi) is 7.52. The molecule has 0 heterocycles. The lowest BCUT2D eigenvalue weighted by atomic mass is 10.2. The zero-order chi connectivity index (χ0) is 14.8. The zero-order valence-corrected chi connectivity index (χ0v) is 13.0. The Morgan fingerprint density at radius 3 is 2.55 bits per heavy atom. The van der Waals surface area contributed by atoms with Crippen LogP contribution in [0.2, 0.25) is 0 Å². The minimum Gasteiger partial charge on any atom is -0.493 e. The van der Waals surface area contributed by atoms with Crippen molar-refractivity contribution in [3.05, 3.63) is 29.8 Å². The summed E-state index contributed by atoms with van der Waals surface area (Å²) in [5.41, 5.74) is 0.828. The molecule has 1 aromatic carbocycles. The summed E-state index contributed by atoms with van der Waals surface area (Å²) in [6.45, 7) is 0.388. The van der Waals surface area contributed by atoms with E-state index in [2.05, 4.69) is 11.8 Å². The van der Waals surface area contributed by atoms with Crippen molar-refractivity contribution in [2.24, 2.45) is 0 Å². The maximum atomic E-state index is 10.9. The van der Waals surface area contributed by atoms with Crippen LogP contribution in [-0.2, 0) is 9.84 Å². The molecule has 0 saturated carbocycles. The average molecular weight is 314 g/mol. The van der Waals surface area contributed by atoms with Gasteiger partial charge in [0.2, 0.25) is 0 Å². The molecule has 0 aliphatic heterocycles. The summed E-state index contributed by atoms with van der Waals surface area (Å²) in [4.78, 5) is 0. The fourth-order valence-electron chi connectivity index (χ4n) is 1.31. The van der Waals surface area contributed by atoms with E-state index in [1.807, 2.05) is 24.3 Å². The van der Waals surface area contributed by atoms with Crippen molar-refractivity contribution in [3.8, 4) is 17.6 Å². The molecule has 0 bridgehead atoms. The Bertz CT molecular complexity index is 553. The number of sulfone groups is 1. The van der Waals surface area contributed by atoms with Crippen LogP contribution in [0.4, 0.5) is 0 Å². The molecule has 0 aromatic heterocycles. The second-order valence-corrected chi connectivity index (χ2v) is 7.56. The maximum absolute atomic E-state index is 10.9. The third-order valence-electron chi connectivity index (χ3n) is 2.26. The SMILES string of the molecule is CS(=O)(=O)CCSCCOc1ccc(C#CCO)cc1. The number of hydrogen-bond acceptors (Lipinski definition) is 5. The lowest BCUT2D eigenvalue weighted by Crippen LogP contribution is -2.07. The Balaban J connectivity index is 2.22. The summed E-state index contributed by atoms with van der Waals surface area (Å²) in [7, 11) is -2.87. The van der Waals surface area contributed by atoms with Gasteiger partial charge in [-0.05, 0) is 24.3 Å². The summed E-state index contributed by atoms with van der Waals surface area (Å²) in [5, 5.41) is 8.58. The second-order valence-electron chi connectivity index (χ2n) is 4.07. The van der Waals surface area contributed by atoms with Crippen molar-refractivity contribution >= 4 is 21.6 Å². The number of hydrogen-bond donors (Lipinski definition) is 1. The van der Waals surface area contributed by atoms with Crippen molar-refractivity contribution < 1.29 is 18.3 Å². The highest BCUT2D eigenvalue weighted by Crippen LogP contribution is 2.12. The van der Waals surface area contributed by atoms with Crippen LogP contribution < -0.4 is 4.74 Å². The number of ether oxygens (including phenoxy) is 1. The molecule has 0 radical (unpaired) electrons. The summed E-state index contributed by atoms with van der Waals surface area (Å²) in [6, 6.07) is 7.30. The molecule has 20 heavy (non-hydrogen) atoms. The molecule has 1 N–H and O–H groups in total. The topological polar surface area (TPSA) is 63.6 Å². The lowest BCUT2D eigenvalue weighted by molar-refractivity contribution is 0.344. The van der Waals surface area contributed by atoms with Crippen LogP contribution in [0.5, 0.6) is 5.75 Å². The summed E-state index contributed by atoms with van der Waals surface area (Å²) in [6.07, 6.45) is 1.24. The quantitative estimate of drug-likeness (QED) is 0.605. The summed E-state index contributed by atoms with van der Waals surface area (Å²) < 4.78 is 27.4. The smallest absolute Gasteiger partial charge is 0.148 e. The van der Waals surface area contributed by atoms with Gasteiger partial charge in [-0.25, -0.2) is 8.42 Å². The molecule has 0 saturated heterocycles. The highest BCUT2D eigenvalue weighted by molar-refractivity contribution is 8.00. The van der Waals surface area contributed by atoms with E-state index in [9.17, 15) is 8.42 Å². The molecule has 1 rings (SSSR count). The first kappa shape index (κ1) is 16.9. The molecule has 0 spiro atoms. The fraction of sp³-hybridized carbons (Fsp3) is 0.429. The zero-order valence-electron chi connectivity index (χ0n) is 11.3. The van der Waals surface area contributed by atoms with Gasteiger partial charge in [-0.2, -0.15) is 11.8 Å². The van der Waals surface area contributed by atoms with E-state index < -0.39 is 9.84 Å². The van der Waals surface area contributed by atoms with Crippen molar-refractivity contribution in [3.63, 3.8) is 0 Å². The Labute approximate surface area is 124 Å². The van der Waals surface area contributed by atoms with Crippen LogP contribution >= 0.6 is 11.8 Å². The third kappa shape index (κ3) is 8.10. The molecule has 4 nitrogen and oxygen atoms in total. The van der Waals surface area contributed by atoms with Crippen LogP contribution in [0.15, 0.2) is 24.3 Å². The van der Waals surface area contributed by atoms with Gasteiger partial charge in [-0.1, -0.05) is 11.8 Å². The maximum Gasteiger partial charge on any atom is 0.148 e. The monoisotopic (exact) mass is 314 g/mol. The normalized spacial score (nSPS) is 10.7. The van der Waals surface area contributed by atoms with E-state index in [1.54, 1.807) is 11.8 Å². The second kappa shape index (κ2) is 8.90. The first-order valence-corrected chi connectivity index (χ1v) is 9.31. The van der Waals surface area contributed by atoms with Gasteiger partial charge in [-0.15, -0.1) is 0 Å². The largest absolute Gasteiger partial charge is 0.493 e. The van der Waals surface area contributed by atoms with Gasteiger partial charge in [-0.3, -0.25) is 0 Å². The summed E-state index contributed by atoms with van der Waals surface area (Å²) in [5.74, 6) is 7.68. The predicted molar refractivity (Wildman–Crippen MR) is 82.9 cm³/mol. The molecular formula is C14H18O4S2. The van der Waals surface area contributed by atoms with Crippen LogP contribution in [0.25, 0.3) is 0 Å². The number of thioether (sulfide) groups is 1. The first-order valence-electron chi connectivity index (χ1n) is 6.09. The minimum atomic E-state index is -2.87. The van der Waals surface area contributed by atoms with Crippen LogP contribution in [0.1, 0.15) is 5.56 Å². The van der Waals surface area contributed by atoms with E-state index >= 15 is 0 Å². The Morgan fingerprint density at radius 2 is 1.95 bits per heavy atom. The molecule has 110 valence electrons. The van der Waals surface area contributed by atoms with E-state index in [1.165, 1.54) is 6.26 Å². The van der Waals surface area contributed by atoms with E-state index in [0.717, 1.165) is 17.1 Å². The Morgan fingerprint density at radius 1 is 1.25 bits per heavy atom. The summed E-state index contributed by atoms with van der Waals surface area (Å²) >= 11 is 1.56. The van der Waals surface area contributed by atoms with Gasteiger partial charge >= 0.3 is 0 Å². The van der Waals surface area contributed by atoms with Gasteiger partial charge in [0.1, 0.15) is 22.2 Å². The molecule has 1 aromatic rings. The highest BCUT2D eigenvalue weighted by atomic mass is 32.2. The molecule has 0 aliphatic carbocycles. The highest BCUT2D eigenvalue weighted by Gasteiger charge is 2.01. The van der Waals surface area contributed by atoms with E-state index in [0.29, 0.717) is 12.4 Å². The fourth-order valence-corrected chi connectivity index (χ4v) is 3.39. The number of aliphatic hydroxyl groups excluding tert-OH is 1. The Hall–Kier alpha value is -1.16. The molecule has 6 heteroatoms. The predicted octanol–water partition coefficient (Wildman–Crippen LogP) is 1.19.